The third-order valence-corrected chi connectivity index (χ3v) is 3.62. The molecule has 0 spiro atoms. The first-order valence-electron chi connectivity index (χ1n) is 7.49. The first-order valence-corrected chi connectivity index (χ1v) is 7.49. The number of rotatable bonds is 2. The van der Waals surface area contributed by atoms with Crippen molar-refractivity contribution in [2.24, 2.45) is 0 Å². The molecule has 1 aliphatic rings. The van der Waals surface area contributed by atoms with Crippen LogP contribution in [0.5, 0.6) is 5.75 Å². The molecule has 0 saturated carbocycles. The second-order valence-electron chi connectivity index (χ2n) is 6.34. The zero-order chi connectivity index (χ0) is 17.5. The number of ketones is 1. The fourth-order valence-electron chi connectivity index (χ4n) is 2.63. The van der Waals surface area contributed by atoms with Gasteiger partial charge in [-0.3, -0.25) is 14.4 Å². The smallest absolute Gasteiger partial charge is 0.256 e. The largest absolute Gasteiger partial charge is 0.487 e. The molecule has 2 heterocycles. The van der Waals surface area contributed by atoms with Crippen molar-refractivity contribution in [3.63, 3.8) is 0 Å². The zero-order valence-electron chi connectivity index (χ0n) is 13.6. The SMILES string of the molecule is Cc1nc(NC(=O)c2ccc3c(c2)C(=O)CC(C)(C)O3)cc(=O)[nH]1. The molecule has 0 bridgehead atoms. The van der Waals surface area contributed by atoms with Crippen LogP contribution in [0.4, 0.5) is 5.82 Å². The number of Topliss-reactive ketones (excluding diaryl/α,β-unsaturated/α-hetero) is 1. The predicted molar refractivity (Wildman–Crippen MR) is 87.6 cm³/mol. The summed E-state index contributed by atoms with van der Waals surface area (Å²) in [6.07, 6.45) is 0.250. The Hall–Kier alpha value is -2.96. The van der Waals surface area contributed by atoms with E-state index in [1.165, 1.54) is 12.1 Å². The molecule has 3 rings (SSSR count). The van der Waals surface area contributed by atoms with Crippen molar-refractivity contribution in [2.75, 3.05) is 5.32 Å². The van der Waals surface area contributed by atoms with Gasteiger partial charge in [-0.2, -0.15) is 0 Å². The molecule has 1 aromatic carbocycles. The van der Waals surface area contributed by atoms with E-state index < -0.39 is 11.5 Å². The summed E-state index contributed by atoms with van der Waals surface area (Å²) in [5.41, 5.74) is -0.225. The standard InChI is InChI=1S/C17H17N3O4/c1-9-18-14(7-15(22)19-9)20-16(23)10-4-5-13-11(6-10)12(21)8-17(2,3)24-13/h4-7H,8H2,1-3H3,(H2,18,19,20,22,23). The van der Waals surface area contributed by atoms with Crippen LogP contribution in [0.25, 0.3) is 0 Å². The topological polar surface area (TPSA) is 101 Å². The summed E-state index contributed by atoms with van der Waals surface area (Å²) in [6, 6.07) is 5.88. The number of nitrogens with one attached hydrogen (secondary N) is 2. The Balaban J connectivity index is 1.88. The minimum Gasteiger partial charge on any atom is -0.487 e. The van der Waals surface area contributed by atoms with Crippen LogP contribution in [0.1, 0.15) is 46.8 Å². The van der Waals surface area contributed by atoms with Gasteiger partial charge in [0.2, 0.25) is 0 Å². The summed E-state index contributed by atoms with van der Waals surface area (Å²) >= 11 is 0. The first-order chi connectivity index (χ1) is 11.2. The molecule has 0 atom stereocenters. The molecule has 0 saturated heterocycles. The number of anilines is 1. The van der Waals surface area contributed by atoms with Gasteiger partial charge in [-0.25, -0.2) is 4.98 Å². The molecule has 0 radical (unpaired) electrons. The summed E-state index contributed by atoms with van der Waals surface area (Å²) in [5, 5.41) is 2.56. The van der Waals surface area contributed by atoms with Crippen LogP contribution < -0.4 is 15.6 Å². The molecule has 24 heavy (non-hydrogen) atoms. The molecule has 7 heteroatoms. The van der Waals surface area contributed by atoms with Crippen LogP contribution in [0, 0.1) is 6.92 Å². The van der Waals surface area contributed by atoms with Gasteiger partial charge in [0.1, 0.15) is 23.0 Å². The van der Waals surface area contributed by atoms with E-state index in [1.54, 1.807) is 19.1 Å². The molecule has 2 aromatic rings. The second-order valence-corrected chi connectivity index (χ2v) is 6.34. The number of aromatic amines is 1. The number of amides is 1. The highest BCUT2D eigenvalue weighted by Crippen LogP contribution is 2.33. The van der Waals surface area contributed by atoms with Gasteiger partial charge in [-0.15, -0.1) is 0 Å². The summed E-state index contributed by atoms with van der Waals surface area (Å²) in [7, 11) is 0. The van der Waals surface area contributed by atoms with E-state index >= 15 is 0 Å². The molecular weight excluding hydrogens is 310 g/mol. The lowest BCUT2D eigenvalue weighted by molar-refractivity contribution is 0.0620. The summed E-state index contributed by atoms with van der Waals surface area (Å²) in [6.45, 7) is 5.30. The van der Waals surface area contributed by atoms with Crippen molar-refractivity contribution in [3.05, 3.63) is 51.6 Å². The van der Waals surface area contributed by atoms with E-state index in [4.69, 9.17) is 4.74 Å². The van der Waals surface area contributed by atoms with Gasteiger partial charge in [0.25, 0.3) is 11.5 Å². The van der Waals surface area contributed by atoms with Crippen molar-refractivity contribution < 1.29 is 14.3 Å². The number of nitrogens with zero attached hydrogens (tertiary/aromatic N) is 1. The predicted octanol–water partition coefficient (Wildman–Crippen LogP) is 2.07. The highest BCUT2D eigenvalue weighted by Gasteiger charge is 2.32. The Kier molecular flexibility index (Phi) is 3.71. The van der Waals surface area contributed by atoms with E-state index in [-0.39, 0.29) is 23.6 Å². The monoisotopic (exact) mass is 327 g/mol. The Morgan fingerprint density at radius 1 is 1.29 bits per heavy atom. The highest BCUT2D eigenvalue weighted by atomic mass is 16.5. The summed E-state index contributed by atoms with van der Waals surface area (Å²) < 4.78 is 5.76. The zero-order valence-corrected chi connectivity index (χ0v) is 13.6. The number of aromatic nitrogens is 2. The van der Waals surface area contributed by atoms with Crippen LogP contribution in [0.15, 0.2) is 29.1 Å². The lowest BCUT2D eigenvalue weighted by Crippen LogP contribution is -2.36. The van der Waals surface area contributed by atoms with E-state index in [0.29, 0.717) is 22.7 Å². The van der Waals surface area contributed by atoms with Gasteiger partial charge in [-0.1, -0.05) is 0 Å². The number of hydrogen-bond donors (Lipinski definition) is 2. The number of fused-ring (bicyclic) bond motifs is 1. The first kappa shape index (κ1) is 15.9. The van der Waals surface area contributed by atoms with Crippen molar-refractivity contribution in [1.82, 2.24) is 9.97 Å². The van der Waals surface area contributed by atoms with Gasteiger partial charge in [0, 0.05) is 11.6 Å². The van der Waals surface area contributed by atoms with E-state index in [2.05, 4.69) is 15.3 Å². The molecular formula is C17H17N3O4. The van der Waals surface area contributed by atoms with Crippen LogP contribution in [0.3, 0.4) is 0 Å². The van der Waals surface area contributed by atoms with Crippen molar-refractivity contribution in [1.29, 1.82) is 0 Å². The molecule has 1 aliphatic heterocycles. The molecule has 1 amide bonds. The molecule has 0 unspecified atom stereocenters. The van der Waals surface area contributed by atoms with E-state index in [1.807, 2.05) is 13.8 Å². The molecule has 124 valence electrons. The number of benzene rings is 1. The van der Waals surface area contributed by atoms with Gasteiger partial charge >= 0.3 is 0 Å². The normalized spacial score (nSPS) is 15.4. The van der Waals surface area contributed by atoms with Crippen LogP contribution >= 0.6 is 0 Å². The van der Waals surface area contributed by atoms with Crippen molar-refractivity contribution >= 4 is 17.5 Å². The average molecular weight is 327 g/mol. The summed E-state index contributed by atoms with van der Waals surface area (Å²) in [5.74, 6) is 0.503. The third-order valence-electron chi connectivity index (χ3n) is 3.62. The lowest BCUT2D eigenvalue weighted by Gasteiger charge is -2.31. The van der Waals surface area contributed by atoms with E-state index in [0.717, 1.165) is 0 Å². The lowest BCUT2D eigenvalue weighted by atomic mass is 9.92. The number of aryl methyl sites for hydroxylation is 1. The second kappa shape index (κ2) is 5.59. The van der Waals surface area contributed by atoms with Gasteiger partial charge in [-0.05, 0) is 39.0 Å². The Morgan fingerprint density at radius 2 is 2.04 bits per heavy atom. The maximum absolute atomic E-state index is 12.3. The van der Waals surface area contributed by atoms with Crippen LogP contribution in [-0.4, -0.2) is 27.3 Å². The Morgan fingerprint density at radius 3 is 2.75 bits per heavy atom. The number of hydrogen-bond acceptors (Lipinski definition) is 5. The van der Waals surface area contributed by atoms with Crippen molar-refractivity contribution in [2.45, 2.75) is 32.8 Å². The maximum atomic E-state index is 12.3. The minimum atomic E-state index is -0.555. The van der Waals surface area contributed by atoms with Crippen molar-refractivity contribution in [3.8, 4) is 5.75 Å². The maximum Gasteiger partial charge on any atom is 0.256 e. The third kappa shape index (κ3) is 3.19. The average Bonchev–Trinajstić information content (AvgIpc) is 2.44. The Bertz CT molecular complexity index is 899. The van der Waals surface area contributed by atoms with Crippen LogP contribution in [0.2, 0.25) is 0 Å². The number of carbonyl (C=O) groups excluding carboxylic acids is 2. The molecule has 2 N–H and O–H groups in total. The highest BCUT2D eigenvalue weighted by molar-refractivity contribution is 6.07. The van der Waals surface area contributed by atoms with Crippen LogP contribution in [-0.2, 0) is 0 Å². The van der Waals surface area contributed by atoms with Gasteiger partial charge in [0.15, 0.2) is 5.78 Å². The minimum absolute atomic E-state index is 0.0685. The van der Waals surface area contributed by atoms with Gasteiger partial charge < -0.3 is 15.0 Å². The number of ether oxygens (including phenoxy) is 1. The quantitative estimate of drug-likeness (QED) is 0.879. The molecule has 1 aromatic heterocycles. The van der Waals surface area contributed by atoms with Gasteiger partial charge in [0.05, 0.1) is 12.0 Å². The molecule has 7 nitrogen and oxygen atoms in total. The fourth-order valence-corrected chi connectivity index (χ4v) is 2.63. The summed E-state index contributed by atoms with van der Waals surface area (Å²) in [4.78, 5) is 42.6. The fraction of sp³-hybridized carbons (Fsp3) is 0.294. The molecule has 0 aliphatic carbocycles. The van der Waals surface area contributed by atoms with E-state index in [9.17, 15) is 14.4 Å². The Labute approximate surface area is 138 Å². The number of H-pyrrole nitrogens is 1. The molecule has 0 fully saturated rings. The number of carbonyl (C=O) groups is 2.